The van der Waals surface area contributed by atoms with Crippen LogP contribution < -0.4 is 8.79 Å². The molecule has 0 saturated heterocycles. The van der Waals surface area contributed by atoms with Crippen molar-refractivity contribution in [3.8, 4) is 0 Å². The van der Waals surface area contributed by atoms with Crippen molar-refractivity contribution in [3.05, 3.63) is 108 Å². The van der Waals surface area contributed by atoms with E-state index in [2.05, 4.69) is 97.1 Å². The fourth-order valence-corrected chi connectivity index (χ4v) is 14.7. The maximum atomic E-state index is 2.38. The van der Waals surface area contributed by atoms with E-state index in [-0.39, 0.29) is 0 Å². The van der Waals surface area contributed by atoms with Crippen molar-refractivity contribution >= 4 is 32.8 Å². The molecule has 1 aliphatic rings. The van der Waals surface area contributed by atoms with Crippen LogP contribution in [0.4, 0.5) is 0 Å². The summed E-state index contributed by atoms with van der Waals surface area (Å²) in [6.45, 7) is 0. The van der Waals surface area contributed by atoms with Crippen molar-refractivity contribution < 1.29 is 0 Å². The number of hydrogen-bond donors (Lipinski definition) is 0. The molecule has 0 amide bonds. The van der Waals surface area contributed by atoms with Gasteiger partial charge in [-0.25, -0.2) is 0 Å². The van der Waals surface area contributed by atoms with E-state index in [9.17, 15) is 0 Å². The van der Waals surface area contributed by atoms with Gasteiger partial charge in [-0.1, -0.05) is 0 Å². The zero-order chi connectivity index (χ0) is 16.7. The molecule has 0 spiro atoms. The van der Waals surface area contributed by atoms with Crippen LogP contribution in [-0.4, -0.2) is 13.3 Å². The Hall–Kier alpha value is -2.32. The van der Waals surface area contributed by atoms with Gasteiger partial charge in [0, 0.05) is 0 Å². The first-order chi connectivity index (χ1) is 12.4. The summed E-state index contributed by atoms with van der Waals surface area (Å²) in [5.41, 5.74) is 3.10. The Morgan fingerprint density at radius 1 is 0.480 bits per heavy atom. The molecule has 120 valence electrons. The van der Waals surface area contributed by atoms with Crippen LogP contribution >= 0.6 is 0 Å². The van der Waals surface area contributed by atoms with Gasteiger partial charge in [0.2, 0.25) is 0 Å². The molecule has 0 nitrogen and oxygen atoms in total. The van der Waals surface area contributed by atoms with Crippen molar-refractivity contribution in [3.63, 3.8) is 0 Å². The van der Waals surface area contributed by atoms with Crippen molar-refractivity contribution in [2.45, 2.75) is 10.5 Å². The van der Waals surface area contributed by atoms with E-state index in [1.807, 2.05) is 0 Å². The van der Waals surface area contributed by atoms with Gasteiger partial charge in [0.25, 0.3) is 0 Å². The third kappa shape index (κ3) is 2.36. The van der Waals surface area contributed by atoms with Crippen LogP contribution in [0.2, 0.25) is 0 Å². The summed E-state index contributed by atoms with van der Waals surface area (Å²) in [6, 6.07) is 36.3. The molecule has 0 radical (unpaired) electrons. The summed E-state index contributed by atoms with van der Waals surface area (Å²) in [5.74, 6) is 0. The summed E-state index contributed by atoms with van der Waals surface area (Å²) < 4.78 is 3.19. The average Bonchev–Trinajstić information content (AvgIpc) is 2.69. The third-order valence-electron chi connectivity index (χ3n) is 5.71. The van der Waals surface area contributed by atoms with Crippen LogP contribution in [0.3, 0.4) is 0 Å². The second-order valence-electron chi connectivity index (χ2n) is 7.10. The van der Waals surface area contributed by atoms with E-state index in [0.29, 0.717) is 0 Å². The van der Waals surface area contributed by atoms with Crippen molar-refractivity contribution in [1.29, 1.82) is 0 Å². The molecule has 4 aromatic carbocycles. The number of rotatable bonds is 2. The molecule has 0 aliphatic carbocycles. The van der Waals surface area contributed by atoms with E-state index in [4.69, 9.17) is 0 Å². The van der Waals surface area contributed by atoms with Crippen molar-refractivity contribution in [2.24, 2.45) is 0 Å². The van der Waals surface area contributed by atoms with Gasteiger partial charge in [0.05, 0.1) is 0 Å². The molecular weight excluding hydrogens is 361 g/mol. The fraction of sp³-hybridized carbons (Fsp3) is 0.0833. The van der Waals surface area contributed by atoms with Crippen molar-refractivity contribution in [2.75, 3.05) is 0 Å². The van der Waals surface area contributed by atoms with Gasteiger partial charge < -0.3 is 0 Å². The van der Waals surface area contributed by atoms with Crippen LogP contribution in [0.1, 0.15) is 11.1 Å². The molecule has 0 aromatic heterocycles. The molecule has 0 saturated carbocycles. The predicted molar refractivity (Wildman–Crippen MR) is 109 cm³/mol. The zero-order valence-electron chi connectivity index (χ0n) is 14.2. The first-order valence-corrected chi connectivity index (χ1v) is 14.0. The zero-order valence-corrected chi connectivity index (χ0v) is 16.2. The van der Waals surface area contributed by atoms with Gasteiger partial charge in [-0.3, -0.25) is 0 Å². The van der Waals surface area contributed by atoms with Crippen LogP contribution in [0.15, 0.2) is 97.1 Å². The molecule has 0 bridgehead atoms. The second kappa shape index (κ2) is 5.89. The van der Waals surface area contributed by atoms with E-state index in [1.54, 1.807) is 19.9 Å². The summed E-state index contributed by atoms with van der Waals surface area (Å²) in [6.07, 6.45) is 0. The molecular formula is C24H20Ge. The standard InChI is InChI=1S/C24H20Ge/c1-3-13-22(14-4-1)25(23-15-5-2-6-16-23)17-20-11-7-9-19-10-8-12-21(18-25)24(19)20/h1-16H,17-18H2. The van der Waals surface area contributed by atoms with Crippen LogP contribution in [0.5, 0.6) is 0 Å². The third-order valence-corrected chi connectivity index (χ3v) is 15.9. The first kappa shape index (κ1) is 15.0. The minimum absolute atomic E-state index is 1.24. The monoisotopic (exact) mass is 382 g/mol. The van der Waals surface area contributed by atoms with Gasteiger partial charge in [-0.05, 0) is 0 Å². The van der Waals surface area contributed by atoms with Gasteiger partial charge in [-0.2, -0.15) is 0 Å². The summed E-state index contributed by atoms with van der Waals surface area (Å²) >= 11 is -2.51. The summed E-state index contributed by atoms with van der Waals surface area (Å²) in [7, 11) is 0. The van der Waals surface area contributed by atoms with Crippen LogP contribution in [0.25, 0.3) is 10.8 Å². The van der Waals surface area contributed by atoms with Gasteiger partial charge >= 0.3 is 152 Å². The molecule has 4 aromatic rings. The molecule has 0 unspecified atom stereocenters. The quantitative estimate of drug-likeness (QED) is 0.455. The van der Waals surface area contributed by atoms with E-state index in [1.165, 1.54) is 21.3 Å². The predicted octanol–water partition coefficient (Wildman–Crippen LogP) is 4.28. The Bertz CT molecular complexity index is 953. The molecule has 1 heterocycles. The van der Waals surface area contributed by atoms with E-state index in [0.717, 1.165) is 0 Å². The van der Waals surface area contributed by atoms with Crippen molar-refractivity contribution in [1.82, 2.24) is 0 Å². The number of hydrogen-bond acceptors (Lipinski definition) is 0. The Labute approximate surface area is 151 Å². The SMILES string of the molecule is c1cc[c]([Ge]2([c]3ccccc3)[CH2]c3cccc4cccc(c34)[CH2]2)cc1. The Morgan fingerprint density at radius 3 is 1.44 bits per heavy atom. The van der Waals surface area contributed by atoms with Gasteiger partial charge in [-0.15, -0.1) is 0 Å². The Balaban J connectivity index is 1.79. The van der Waals surface area contributed by atoms with Crippen LogP contribution in [0, 0.1) is 0 Å². The van der Waals surface area contributed by atoms with Gasteiger partial charge in [0.1, 0.15) is 0 Å². The minimum atomic E-state index is -2.51. The molecule has 1 heteroatoms. The average molecular weight is 381 g/mol. The second-order valence-corrected chi connectivity index (χ2v) is 15.5. The van der Waals surface area contributed by atoms with Crippen LogP contribution in [-0.2, 0) is 10.5 Å². The molecule has 0 atom stereocenters. The summed E-state index contributed by atoms with van der Waals surface area (Å²) in [4.78, 5) is 0. The number of benzene rings is 4. The van der Waals surface area contributed by atoms with Gasteiger partial charge in [0.15, 0.2) is 0 Å². The first-order valence-electron chi connectivity index (χ1n) is 8.97. The van der Waals surface area contributed by atoms with E-state index >= 15 is 0 Å². The molecule has 0 fully saturated rings. The molecule has 5 rings (SSSR count). The molecule has 1 aliphatic heterocycles. The normalized spacial score (nSPS) is 15.2. The fourth-order valence-electron chi connectivity index (χ4n) is 4.60. The Kier molecular flexibility index (Phi) is 3.53. The Morgan fingerprint density at radius 2 is 0.960 bits per heavy atom. The summed E-state index contributed by atoms with van der Waals surface area (Å²) in [5, 5.41) is 5.38. The van der Waals surface area contributed by atoms with E-state index < -0.39 is 13.3 Å². The topological polar surface area (TPSA) is 0 Å². The molecule has 0 N–H and O–H groups in total. The molecule has 25 heavy (non-hydrogen) atoms. The maximum absolute atomic E-state index is 2.51.